The van der Waals surface area contributed by atoms with Crippen LogP contribution in [0.4, 0.5) is 5.95 Å². The van der Waals surface area contributed by atoms with E-state index in [1.54, 1.807) is 6.20 Å². The first-order chi connectivity index (χ1) is 18.3. The van der Waals surface area contributed by atoms with Crippen LogP contribution in [0.5, 0.6) is 0 Å². The first-order valence-corrected chi connectivity index (χ1v) is 13.2. The Morgan fingerprint density at radius 3 is 2.11 bits per heavy atom. The van der Waals surface area contributed by atoms with Crippen molar-refractivity contribution in [3.63, 3.8) is 0 Å². The summed E-state index contributed by atoms with van der Waals surface area (Å²) in [6.45, 7) is 0.780. The van der Waals surface area contributed by atoms with Gasteiger partial charge in [-0.05, 0) is 36.4 Å². The monoisotopic (exact) mass is 635 g/mol. The van der Waals surface area contributed by atoms with Crippen molar-refractivity contribution in [1.29, 1.82) is 0 Å². The van der Waals surface area contributed by atoms with Crippen LogP contribution in [-0.4, -0.2) is 44.1 Å². The van der Waals surface area contributed by atoms with Gasteiger partial charge in [-0.2, -0.15) is 0 Å². The first-order valence-electron chi connectivity index (χ1n) is 11.6. The standard InChI is InChI=1S/C14H10BrN5O.C12H9BrN2O2/c15-7-1-2-9-8(3-7)10-11-6(5-18-14(16)20-11)4-17-13(21)12(10)19-9;13-6-1-2-8-7(5-6)10-9(16)3-4-14-12(17)11(10)15-8/h1-3,5,19H,4H2,(H,17,21)(H2,16,18,20);1-2,5,15H,3-4H2,(H,14,17). The van der Waals surface area contributed by atoms with Crippen molar-refractivity contribution in [3.8, 4) is 11.3 Å². The highest BCUT2D eigenvalue weighted by Gasteiger charge is 2.27. The fourth-order valence-electron chi connectivity index (χ4n) is 4.74. The fourth-order valence-corrected chi connectivity index (χ4v) is 5.46. The number of aromatic amines is 2. The van der Waals surface area contributed by atoms with Gasteiger partial charge in [-0.25, -0.2) is 9.97 Å². The molecular weight excluding hydrogens is 618 g/mol. The highest BCUT2D eigenvalue weighted by atomic mass is 79.9. The third-order valence-electron chi connectivity index (χ3n) is 6.45. The number of hydrogen-bond acceptors (Lipinski definition) is 6. The second kappa shape index (κ2) is 9.37. The zero-order valence-electron chi connectivity index (χ0n) is 19.6. The number of carbonyl (C=O) groups excluding carboxylic acids is 3. The van der Waals surface area contributed by atoms with Gasteiger partial charge in [0.1, 0.15) is 11.4 Å². The fraction of sp³-hybridized carbons (Fsp3) is 0.115. The van der Waals surface area contributed by atoms with Crippen LogP contribution in [0.2, 0.25) is 0 Å². The topological polar surface area (TPSA) is 159 Å². The van der Waals surface area contributed by atoms with E-state index in [0.717, 1.165) is 41.9 Å². The van der Waals surface area contributed by atoms with Gasteiger partial charge in [0.2, 0.25) is 5.95 Å². The van der Waals surface area contributed by atoms with Crippen molar-refractivity contribution >= 4 is 77.2 Å². The number of benzene rings is 2. The molecule has 12 heteroatoms. The summed E-state index contributed by atoms with van der Waals surface area (Å²) in [6, 6.07) is 11.4. The molecule has 0 saturated carbocycles. The van der Waals surface area contributed by atoms with Crippen LogP contribution in [-0.2, 0) is 6.54 Å². The number of hydrogen-bond donors (Lipinski definition) is 5. The SMILES string of the molecule is Nc1ncc2c(n1)-c1c([nH]c3ccc(Br)cc13)C(=O)NC2.O=C1NCCC(=O)c2c1[nH]c1ccc(Br)cc21. The number of fused-ring (bicyclic) bond motifs is 8. The Bertz CT molecular complexity index is 1810. The zero-order valence-corrected chi connectivity index (χ0v) is 22.8. The molecule has 0 unspecified atom stereocenters. The molecule has 7 rings (SSSR count). The number of aromatic nitrogens is 4. The molecule has 0 atom stereocenters. The molecular formula is C26H19Br2N7O3. The van der Waals surface area contributed by atoms with Crippen LogP contribution in [0.25, 0.3) is 33.1 Å². The van der Waals surface area contributed by atoms with Gasteiger partial charge in [0, 0.05) is 67.6 Å². The van der Waals surface area contributed by atoms with E-state index in [2.05, 4.69) is 62.4 Å². The maximum absolute atomic E-state index is 12.3. The normalized spacial score (nSPS) is 14.4. The summed E-state index contributed by atoms with van der Waals surface area (Å²) in [5.41, 5.74) is 11.1. The molecule has 10 nitrogen and oxygen atoms in total. The molecule has 0 radical (unpaired) electrons. The van der Waals surface area contributed by atoms with E-state index in [9.17, 15) is 14.4 Å². The number of Topliss-reactive ketones (excluding diaryl/α,β-unsaturated/α-hetero) is 1. The van der Waals surface area contributed by atoms with Crippen molar-refractivity contribution in [2.24, 2.45) is 0 Å². The molecule has 5 heterocycles. The third kappa shape index (κ3) is 4.15. The highest BCUT2D eigenvalue weighted by molar-refractivity contribution is 9.10. The lowest BCUT2D eigenvalue weighted by molar-refractivity contribution is 0.0941. The summed E-state index contributed by atoms with van der Waals surface area (Å²) in [6.07, 6.45) is 2.00. The van der Waals surface area contributed by atoms with Crippen LogP contribution >= 0.6 is 31.9 Å². The van der Waals surface area contributed by atoms with Gasteiger partial charge in [0.05, 0.1) is 11.3 Å². The number of H-pyrrole nitrogens is 2. The molecule has 0 spiro atoms. The van der Waals surface area contributed by atoms with Crippen molar-refractivity contribution in [3.05, 3.63) is 74.1 Å². The van der Waals surface area contributed by atoms with E-state index in [1.807, 2.05) is 36.4 Å². The molecule has 2 aliphatic heterocycles. The Kier molecular flexibility index (Phi) is 6.00. The molecule has 190 valence electrons. The molecule has 5 aromatic rings. The second-order valence-corrected chi connectivity index (χ2v) is 10.7. The lowest BCUT2D eigenvalue weighted by atomic mass is 10.0. The molecule has 0 aliphatic carbocycles. The minimum atomic E-state index is -0.210. The van der Waals surface area contributed by atoms with Crippen LogP contribution in [0.1, 0.15) is 43.3 Å². The van der Waals surface area contributed by atoms with E-state index in [-0.39, 0.29) is 23.5 Å². The summed E-state index contributed by atoms with van der Waals surface area (Å²) in [5, 5.41) is 7.28. The van der Waals surface area contributed by atoms with Crippen LogP contribution < -0.4 is 16.4 Å². The largest absolute Gasteiger partial charge is 0.368 e. The van der Waals surface area contributed by atoms with Gasteiger partial charge in [0.25, 0.3) is 11.8 Å². The molecule has 0 saturated heterocycles. The number of ketones is 1. The van der Waals surface area contributed by atoms with Crippen LogP contribution in [0, 0.1) is 0 Å². The molecule has 3 aromatic heterocycles. The summed E-state index contributed by atoms with van der Waals surface area (Å²) >= 11 is 6.84. The smallest absolute Gasteiger partial charge is 0.268 e. The molecule has 2 amide bonds. The van der Waals surface area contributed by atoms with Crippen molar-refractivity contribution < 1.29 is 14.4 Å². The van der Waals surface area contributed by atoms with Gasteiger partial charge in [-0.1, -0.05) is 31.9 Å². The number of nitrogens with one attached hydrogen (secondary N) is 4. The number of nitrogens with zero attached hydrogens (tertiary/aromatic N) is 2. The predicted octanol–water partition coefficient (Wildman–Crippen LogP) is 4.46. The minimum absolute atomic E-state index is 0.00250. The molecule has 0 bridgehead atoms. The molecule has 2 aliphatic rings. The summed E-state index contributed by atoms with van der Waals surface area (Å²) < 4.78 is 1.83. The van der Waals surface area contributed by atoms with Crippen molar-refractivity contribution in [2.75, 3.05) is 12.3 Å². The van der Waals surface area contributed by atoms with Gasteiger partial charge >= 0.3 is 0 Å². The van der Waals surface area contributed by atoms with E-state index in [0.29, 0.717) is 42.2 Å². The number of anilines is 1. The van der Waals surface area contributed by atoms with Crippen molar-refractivity contribution in [1.82, 2.24) is 30.6 Å². The van der Waals surface area contributed by atoms with E-state index in [4.69, 9.17) is 5.73 Å². The lowest BCUT2D eigenvalue weighted by Crippen LogP contribution is -2.23. The van der Waals surface area contributed by atoms with Gasteiger partial charge in [-0.15, -0.1) is 0 Å². The van der Waals surface area contributed by atoms with Gasteiger partial charge < -0.3 is 26.3 Å². The lowest BCUT2D eigenvalue weighted by Gasteiger charge is -2.05. The number of nitrogen functional groups attached to an aromatic ring is 1. The summed E-state index contributed by atoms with van der Waals surface area (Å²) in [7, 11) is 0. The number of halogens is 2. The average Bonchev–Trinajstić information content (AvgIpc) is 3.38. The van der Waals surface area contributed by atoms with Gasteiger partial charge in [-0.3, -0.25) is 14.4 Å². The minimum Gasteiger partial charge on any atom is -0.368 e. The van der Waals surface area contributed by atoms with E-state index >= 15 is 0 Å². The second-order valence-electron chi connectivity index (χ2n) is 8.84. The average molecular weight is 637 g/mol. The van der Waals surface area contributed by atoms with Crippen molar-refractivity contribution in [2.45, 2.75) is 13.0 Å². The zero-order chi connectivity index (χ0) is 26.6. The third-order valence-corrected chi connectivity index (χ3v) is 7.44. The summed E-state index contributed by atoms with van der Waals surface area (Å²) in [4.78, 5) is 50.6. The Hall–Kier alpha value is -4.03. The van der Waals surface area contributed by atoms with E-state index in [1.165, 1.54) is 0 Å². The predicted molar refractivity (Wildman–Crippen MR) is 150 cm³/mol. The van der Waals surface area contributed by atoms with E-state index < -0.39 is 0 Å². The number of nitrogens with two attached hydrogens (primary N) is 1. The van der Waals surface area contributed by atoms with Gasteiger partial charge in [0.15, 0.2) is 5.78 Å². The highest BCUT2D eigenvalue weighted by Crippen LogP contribution is 2.36. The number of carbonyl (C=O) groups is 3. The molecule has 0 fully saturated rings. The number of rotatable bonds is 0. The Balaban J connectivity index is 0.000000142. The Labute approximate surface area is 232 Å². The Morgan fingerprint density at radius 2 is 1.42 bits per heavy atom. The maximum Gasteiger partial charge on any atom is 0.268 e. The molecule has 6 N–H and O–H groups in total. The maximum atomic E-state index is 12.3. The quantitative estimate of drug-likeness (QED) is 0.169. The molecule has 2 aromatic carbocycles. The summed E-state index contributed by atoms with van der Waals surface area (Å²) in [5.74, 6) is -0.173. The first kappa shape index (κ1) is 24.3. The van der Waals surface area contributed by atoms with Crippen LogP contribution in [0.3, 0.4) is 0 Å². The molecule has 38 heavy (non-hydrogen) atoms. The number of amides is 2. The Morgan fingerprint density at radius 1 is 0.816 bits per heavy atom. The van der Waals surface area contributed by atoms with Crippen LogP contribution in [0.15, 0.2) is 51.5 Å².